The van der Waals surface area contributed by atoms with Gasteiger partial charge in [-0.1, -0.05) is 37.1 Å². The van der Waals surface area contributed by atoms with Crippen LogP contribution in [-0.4, -0.2) is 91.4 Å². The normalized spacial score (nSPS) is 29.9. The van der Waals surface area contributed by atoms with Crippen molar-refractivity contribution in [3.05, 3.63) is 48.2 Å². The van der Waals surface area contributed by atoms with Gasteiger partial charge in [-0.3, -0.25) is 19.1 Å². The van der Waals surface area contributed by atoms with Gasteiger partial charge in [-0.2, -0.15) is 0 Å². The highest BCUT2D eigenvalue weighted by molar-refractivity contribution is 7.91. The summed E-state index contributed by atoms with van der Waals surface area (Å²) in [6, 6.07) is 3.60. The van der Waals surface area contributed by atoms with Gasteiger partial charge in [0.05, 0.1) is 25.5 Å². The fourth-order valence-electron chi connectivity index (χ4n) is 7.36. The molecule has 5 aliphatic rings. The van der Waals surface area contributed by atoms with Crippen LogP contribution in [0, 0.1) is 5.92 Å². The maximum Gasteiger partial charge on any atom is 0.407 e. The fourth-order valence-corrected chi connectivity index (χ4v) is 8.72. The molecule has 2 aliphatic carbocycles. The van der Waals surface area contributed by atoms with Crippen LogP contribution in [0.1, 0.15) is 76.2 Å². The van der Waals surface area contributed by atoms with Crippen LogP contribution < -0.4 is 24.8 Å². The first kappa shape index (κ1) is 35.7. The topological polar surface area (TPSA) is 182 Å². The number of aromatic nitrogens is 1. The molecule has 14 nitrogen and oxygen atoms in total. The lowest BCUT2D eigenvalue weighted by atomic mass is 10.0. The standard InChI is InChI=1S/C37H45N5O9S/c1-49-31-19-23-15-16-38-33-28(23)18-24(31)10-6-5-9-17-50-36(46)39-29-12-8-4-2-3-7-11-25-21-37(25,35(45)41-52(47,48)27-13-14-27)40-32(43)30-20-26(51-33)22-42(30)34(29)44/h6-7,10-11,15-16,18-19,25-27,29-30H,2-5,8-9,12-14,17,20-22H2,1H3,(H,39,46)(H,40,43)(H,41,45)/b10-6+,11-7-/t25-,26+,29-,30-,37+/m0/s1. The highest BCUT2D eigenvalue weighted by Gasteiger charge is 2.62. The number of alkyl carbamates (subject to hydrolysis) is 1. The summed E-state index contributed by atoms with van der Waals surface area (Å²) in [5, 5.41) is 6.56. The van der Waals surface area contributed by atoms with E-state index in [2.05, 4.69) is 20.3 Å². The first-order valence-corrected chi connectivity index (χ1v) is 19.7. The van der Waals surface area contributed by atoms with E-state index in [0.29, 0.717) is 56.6 Å². The van der Waals surface area contributed by atoms with Crippen molar-refractivity contribution >= 4 is 50.7 Å². The van der Waals surface area contributed by atoms with E-state index < -0.39 is 68.7 Å². The number of pyridine rings is 1. The van der Waals surface area contributed by atoms with E-state index in [0.717, 1.165) is 29.2 Å². The first-order chi connectivity index (χ1) is 25.1. The van der Waals surface area contributed by atoms with Crippen LogP contribution in [0.25, 0.3) is 16.8 Å². The summed E-state index contributed by atoms with van der Waals surface area (Å²) in [6.45, 7) is 0.141. The van der Waals surface area contributed by atoms with Gasteiger partial charge >= 0.3 is 6.09 Å². The molecule has 1 aromatic heterocycles. The summed E-state index contributed by atoms with van der Waals surface area (Å²) in [5.74, 6) is -1.30. The number of hydrogen-bond donors (Lipinski definition) is 3. The van der Waals surface area contributed by atoms with Crippen LogP contribution in [0.4, 0.5) is 4.79 Å². The number of ether oxygens (including phenoxy) is 3. The van der Waals surface area contributed by atoms with Gasteiger partial charge in [-0.15, -0.1) is 0 Å². The molecule has 1 saturated heterocycles. The minimum atomic E-state index is -3.88. The second kappa shape index (κ2) is 14.8. The molecule has 0 radical (unpaired) electrons. The second-order valence-electron chi connectivity index (χ2n) is 14.3. The predicted octanol–water partition coefficient (Wildman–Crippen LogP) is 3.50. The molecule has 15 heteroatoms. The number of nitrogens with one attached hydrogen (secondary N) is 3. The van der Waals surface area contributed by atoms with Crippen LogP contribution in [-0.2, 0) is 29.1 Å². The number of cyclic esters (lactones) is 1. The van der Waals surface area contributed by atoms with Gasteiger partial charge in [0.15, 0.2) is 0 Å². The number of benzene rings is 1. The summed E-state index contributed by atoms with van der Waals surface area (Å²) in [5.41, 5.74) is -0.693. The van der Waals surface area contributed by atoms with Crippen molar-refractivity contribution in [2.45, 2.75) is 99.6 Å². The van der Waals surface area contributed by atoms with E-state index in [9.17, 15) is 27.6 Å². The molecule has 4 amide bonds. The van der Waals surface area contributed by atoms with Crippen molar-refractivity contribution in [2.75, 3.05) is 20.3 Å². The summed E-state index contributed by atoms with van der Waals surface area (Å²) in [6.07, 6.45) is 13.6. The highest BCUT2D eigenvalue weighted by Crippen LogP contribution is 2.46. The fraction of sp³-hybridized carbons (Fsp3) is 0.541. The summed E-state index contributed by atoms with van der Waals surface area (Å²) in [7, 11) is -2.29. The Balaban J connectivity index is 1.24. The molecule has 0 spiro atoms. The van der Waals surface area contributed by atoms with Crippen LogP contribution in [0.15, 0.2) is 42.6 Å². The molecule has 7 rings (SSSR count). The lowest BCUT2D eigenvalue weighted by Crippen LogP contribution is -2.58. The van der Waals surface area contributed by atoms with Gasteiger partial charge in [-0.25, -0.2) is 18.2 Å². The third kappa shape index (κ3) is 7.59. The zero-order valence-electron chi connectivity index (χ0n) is 29.2. The van der Waals surface area contributed by atoms with Gasteiger partial charge in [0, 0.05) is 29.5 Å². The Hall–Kier alpha value is -4.66. The smallest absolute Gasteiger partial charge is 0.407 e. The monoisotopic (exact) mass is 735 g/mol. The Kier molecular flexibility index (Phi) is 10.1. The Morgan fingerprint density at radius 2 is 1.90 bits per heavy atom. The number of sulfonamides is 1. The number of methoxy groups -OCH3 is 1. The molecule has 3 N–H and O–H groups in total. The number of amides is 4. The molecule has 5 atom stereocenters. The molecule has 2 saturated carbocycles. The van der Waals surface area contributed by atoms with E-state index in [-0.39, 0.29) is 26.0 Å². The lowest BCUT2D eigenvalue weighted by Gasteiger charge is -2.29. The molecular formula is C37H45N5O9S. The molecule has 5 bridgehead atoms. The van der Waals surface area contributed by atoms with Crippen LogP contribution >= 0.6 is 0 Å². The van der Waals surface area contributed by atoms with Gasteiger partial charge in [0.25, 0.3) is 5.91 Å². The zero-order chi connectivity index (χ0) is 36.5. The Morgan fingerprint density at radius 1 is 1.08 bits per heavy atom. The van der Waals surface area contributed by atoms with Gasteiger partial charge < -0.3 is 29.7 Å². The lowest BCUT2D eigenvalue weighted by molar-refractivity contribution is -0.141. The summed E-state index contributed by atoms with van der Waals surface area (Å²) >= 11 is 0. The van der Waals surface area contributed by atoms with Crippen LogP contribution in [0.3, 0.4) is 0 Å². The predicted molar refractivity (Wildman–Crippen MR) is 191 cm³/mol. The number of allylic oxidation sites excluding steroid dienone is 2. The molecule has 1 aromatic carbocycles. The second-order valence-corrected chi connectivity index (χ2v) is 16.3. The number of nitrogens with zero attached hydrogens (tertiary/aromatic N) is 2. The molecule has 278 valence electrons. The number of fused-ring (bicyclic) bond motifs is 4. The maximum absolute atomic E-state index is 14.4. The molecule has 2 aromatic rings. The Labute approximate surface area is 302 Å². The molecule has 52 heavy (non-hydrogen) atoms. The Morgan fingerprint density at radius 3 is 2.71 bits per heavy atom. The van der Waals surface area contributed by atoms with Crippen molar-refractivity contribution in [3.8, 4) is 11.6 Å². The van der Waals surface area contributed by atoms with Gasteiger partial charge in [0.1, 0.15) is 29.5 Å². The van der Waals surface area contributed by atoms with Gasteiger partial charge in [0.2, 0.25) is 27.7 Å². The first-order valence-electron chi connectivity index (χ1n) is 18.2. The van der Waals surface area contributed by atoms with Crippen molar-refractivity contribution in [1.82, 2.24) is 25.2 Å². The highest BCUT2D eigenvalue weighted by atomic mass is 32.2. The minimum Gasteiger partial charge on any atom is -0.496 e. The van der Waals surface area contributed by atoms with E-state index in [1.54, 1.807) is 13.3 Å². The SMILES string of the molecule is COc1cc2ccnc3c2cc1/C=C/CCCOC(=O)N[C@H]1CCCCC/C=C\[C@H]2C[C@@]2(C(=O)NS(=O)(=O)C2CC2)NC(=O)[C@@H]2C[C@H](CN2C1=O)O3. The van der Waals surface area contributed by atoms with Crippen molar-refractivity contribution < 1.29 is 41.8 Å². The van der Waals surface area contributed by atoms with E-state index in [4.69, 9.17) is 14.2 Å². The van der Waals surface area contributed by atoms with E-state index in [1.165, 1.54) is 4.90 Å². The summed E-state index contributed by atoms with van der Waals surface area (Å²) < 4.78 is 45.4. The van der Waals surface area contributed by atoms with Crippen LogP contribution in [0.2, 0.25) is 0 Å². The maximum atomic E-state index is 14.4. The van der Waals surface area contributed by atoms with Crippen LogP contribution in [0.5, 0.6) is 11.6 Å². The van der Waals surface area contributed by atoms with Crippen molar-refractivity contribution in [1.29, 1.82) is 0 Å². The molecule has 3 aliphatic heterocycles. The molecule has 0 unspecified atom stereocenters. The number of carbonyl (C=O) groups excluding carboxylic acids is 4. The van der Waals surface area contributed by atoms with Crippen molar-refractivity contribution in [3.63, 3.8) is 0 Å². The molecule has 3 fully saturated rings. The molecular weight excluding hydrogens is 690 g/mol. The average Bonchev–Trinajstić information content (AvgIpc) is 4.04. The third-order valence-electron chi connectivity index (χ3n) is 10.5. The number of hydrogen-bond acceptors (Lipinski definition) is 10. The van der Waals surface area contributed by atoms with E-state index in [1.807, 2.05) is 42.5 Å². The Bertz CT molecular complexity index is 1910. The number of rotatable bonds is 4. The van der Waals surface area contributed by atoms with E-state index >= 15 is 0 Å². The third-order valence-corrected chi connectivity index (χ3v) is 12.4. The van der Waals surface area contributed by atoms with Crippen molar-refractivity contribution in [2.24, 2.45) is 5.92 Å². The minimum absolute atomic E-state index is 0.00369. The summed E-state index contributed by atoms with van der Waals surface area (Å²) in [4.78, 5) is 61.3. The van der Waals surface area contributed by atoms with Gasteiger partial charge in [-0.05, 0) is 75.0 Å². The molecule has 4 heterocycles. The average molecular weight is 736 g/mol. The number of carbonyl (C=O) groups is 4. The quantitative estimate of drug-likeness (QED) is 0.393. The zero-order valence-corrected chi connectivity index (χ0v) is 30.0. The largest absolute Gasteiger partial charge is 0.496 e.